The summed E-state index contributed by atoms with van der Waals surface area (Å²) < 4.78 is 5.63. The first-order chi connectivity index (χ1) is 13.0. The minimum Gasteiger partial charge on any atom is -0.492 e. The van der Waals surface area contributed by atoms with Crippen molar-refractivity contribution in [3.63, 3.8) is 0 Å². The van der Waals surface area contributed by atoms with Crippen LogP contribution >= 0.6 is 0 Å². The maximum absolute atomic E-state index is 12.8. The van der Waals surface area contributed by atoms with E-state index in [-0.39, 0.29) is 18.2 Å². The van der Waals surface area contributed by atoms with Crippen LogP contribution in [0.2, 0.25) is 0 Å². The van der Waals surface area contributed by atoms with Gasteiger partial charge in [-0.05, 0) is 31.2 Å². The summed E-state index contributed by atoms with van der Waals surface area (Å²) in [6.45, 7) is 2.77. The SMILES string of the molecule is CCOc1ccccc1N1C[C@H](C(=O)Nc2ccccc2N(C)C)CC1=O. The van der Waals surface area contributed by atoms with E-state index in [1.165, 1.54) is 0 Å². The smallest absolute Gasteiger partial charge is 0.229 e. The number of benzene rings is 2. The van der Waals surface area contributed by atoms with Gasteiger partial charge >= 0.3 is 0 Å². The van der Waals surface area contributed by atoms with Crippen LogP contribution < -0.4 is 19.9 Å². The number of hydrogen-bond acceptors (Lipinski definition) is 4. The number of para-hydroxylation sites is 4. The number of carbonyl (C=O) groups is 2. The molecule has 0 radical (unpaired) electrons. The highest BCUT2D eigenvalue weighted by Gasteiger charge is 2.36. The lowest BCUT2D eigenvalue weighted by Gasteiger charge is -2.21. The topological polar surface area (TPSA) is 61.9 Å². The predicted molar refractivity (Wildman–Crippen MR) is 107 cm³/mol. The Hall–Kier alpha value is -3.02. The fourth-order valence-corrected chi connectivity index (χ4v) is 3.28. The lowest BCUT2D eigenvalue weighted by molar-refractivity contribution is -0.122. The third-order valence-corrected chi connectivity index (χ3v) is 4.60. The molecule has 2 aromatic rings. The number of hydrogen-bond donors (Lipinski definition) is 1. The lowest BCUT2D eigenvalue weighted by Crippen LogP contribution is -2.28. The Bertz CT molecular complexity index is 835. The maximum Gasteiger partial charge on any atom is 0.229 e. The third-order valence-electron chi connectivity index (χ3n) is 4.60. The van der Waals surface area contributed by atoms with Crippen molar-refractivity contribution in [3.05, 3.63) is 48.5 Å². The molecular weight excluding hydrogens is 342 g/mol. The molecule has 1 aliphatic heterocycles. The largest absolute Gasteiger partial charge is 0.492 e. The Labute approximate surface area is 159 Å². The zero-order valence-electron chi connectivity index (χ0n) is 15.9. The van der Waals surface area contributed by atoms with Gasteiger partial charge in [0.25, 0.3) is 0 Å². The molecule has 1 saturated heterocycles. The second kappa shape index (κ2) is 8.12. The minimum atomic E-state index is -0.401. The quantitative estimate of drug-likeness (QED) is 0.852. The number of rotatable bonds is 6. The second-order valence-corrected chi connectivity index (χ2v) is 6.71. The fourth-order valence-electron chi connectivity index (χ4n) is 3.28. The van der Waals surface area contributed by atoms with Crippen molar-refractivity contribution in [3.8, 4) is 5.75 Å². The van der Waals surface area contributed by atoms with Gasteiger partial charge in [0.1, 0.15) is 5.75 Å². The van der Waals surface area contributed by atoms with E-state index in [1.807, 2.05) is 74.4 Å². The Balaban J connectivity index is 1.75. The number of nitrogens with zero attached hydrogens (tertiary/aromatic N) is 2. The van der Waals surface area contributed by atoms with E-state index in [1.54, 1.807) is 4.90 Å². The van der Waals surface area contributed by atoms with Crippen molar-refractivity contribution < 1.29 is 14.3 Å². The molecule has 1 N–H and O–H groups in total. The van der Waals surface area contributed by atoms with Crippen LogP contribution in [0.5, 0.6) is 5.75 Å². The van der Waals surface area contributed by atoms with Crippen LogP contribution in [0.25, 0.3) is 0 Å². The molecule has 6 heteroatoms. The van der Waals surface area contributed by atoms with Crippen molar-refractivity contribution in [1.29, 1.82) is 0 Å². The molecule has 1 atom stereocenters. The molecule has 0 unspecified atom stereocenters. The summed E-state index contributed by atoms with van der Waals surface area (Å²) in [6.07, 6.45) is 0.191. The predicted octanol–water partition coefficient (Wildman–Crippen LogP) is 3.14. The van der Waals surface area contributed by atoms with Crippen LogP contribution in [0.15, 0.2) is 48.5 Å². The molecule has 0 aromatic heterocycles. The van der Waals surface area contributed by atoms with Crippen LogP contribution in [0.4, 0.5) is 17.1 Å². The highest BCUT2D eigenvalue weighted by molar-refractivity contribution is 6.05. The molecule has 27 heavy (non-hydrogen) atoms. The van der Waals surface area contributed by atoms with E-state index in [9.17, 15) is 9.59 Å². The third kappa shape index (κ3) is 4.05. The van der Waals surface area contributed by atoms with E-state index in [2.05, 4.69) is 5.32 Å². The zero-order chi connectivity index (χ0) is 19.4. The number of nitrogens with one attached hydrogen (secondary N) is 1. The highest BCUT2D eigenvalue weighted by atomic mass is 16.5. The number of carbonyl (C=O) groups excluding carboxylic acids is 2. The maximum atomic E-state index is 12.8. The molecule has 1 heterocycles. The van der Waals surface area contributed by atoms with E-state index in [0.29, 0.717) is 24.6 Å². The molecule has 2 amide bonds. The first-order valence-electron chi connectivity index (χ1n) is 9.10. The Morgan fingerprint density at radius 1 is 1.19 bits per heavy atom. The monoisotopic (exact) mass is 367 g/mol. The summed E-state index contributed by atoms with van der Waals surface area (Å²) in [7, 11) is 3.85. The average Bonchev–Trinajstić information content (AvgIpc) is 3.04. The van der Waals surface area contributed by atoms with E-state index in [0.717, 1.165) is 11.4 Å². The van der Waals surface area contributed by atoms with Gasteiger partial charge in [-0.3, -0.25) is 9.59 Å². The normalized spacial score (nSPS) is 16.3. The molecule has 2 aromatic carbocycles. The standard InChI is InChI=1S/C21H25N3O3/c1-4-27-19-12-8-7-11-18(19)24-14-15(13-20(24)25)21(26)22-16-9-5-6-10-17(16)23(2)3/h5-12,15H,4,13-14H2,1-3H3,(H,22,26)/t15-/m1/s1. The Morgan fingerprint density at radius 2 is 1.89 bits per heavy atom. The molecule has 0 spiro atoms. The fraction of sp³-hybridized carbons (Fsp3) is 0.333. The van der Waals surface area contributed by atoms with Gasteiger partial charge in [-0.2, -0.15) is 0 Å². The molecule has 6 nitrogen and oxygen atoms in total. The van der Waals surface area contributed by atoms with Gasteiger partial charge in [-0.25, -0.2) is 0 Å². The molecular formula is C21H25N3O3. The van der Waals surface area contributed by atoms with Crippen molar-refractivity contribution >= 4 is 28.9 Å². The van der Waals surface area contributed by atoms with E-state index < -0.39 is 5.92 Å². The van der Waals surface area contributed by atoms with Gasteiger partial charge in [-0.15, -0.1) is 0 Å². The lowest BCUT2D eigenvalue weighted by atomic mass is 10.1. The average molecular weight is 367 g/mol. The van der Waals surface area contributed by atoms with Crippen molar-refractivity contribution in [2.24, 2.45) is 5.92 Å². The summed E-state index contributed by atoms with van der Waals surface area (Å²) >= 11 is 0. The summed E-state index contributed by atoms with van der Waals surface area (Å²) in [5.74, 6) is 0.0481. The van der Waals surface area contributed by atoms with E-state index >= 15 is 0 Å². The van der Waals surface area contributed by atoms with Crippen LogP contribution in [-0.2, 0) is 9.59 Å². The van der Waals surface area contributed by atoms with Gasteiger partial charge in [0.05, 0.1) is 29.6 Å². The Morgan fingerprint density at radius 3 is 2.63 bits per heavy atom. The van der Waals surface area contributed by atoms with Crippen LogP contribution in [-0.4, -0.2) is 39.1 Å². The van der Waals surface area contributed by atoms with Gasteiger partial charge < -0.3 is 19.9 Å². The van der Waals surface area contributed by atoms with Gasteiger partial charge in [0.2, 0.25) is 11.8 Å². The summed E-state index contributed by atoms with van der Waals surface area (Å²) in [4.78, 5) is 28.9. The summed E-state index contributed by atoms with van der Waals surface area (Å²) in [5, 5.41) is 2.98. The van der Waals surface area contributed by atoms with E-state index in [4.69, 9.17) is 4.74 Å². The van der Waals surface area contributed by atoms with Gasteiger partial charge in [0.15, 0.2) is 0 Å². The van der Waals surface area contributed by atoms with Crippen LogP contribution in [0, 0.1) is 5.92 Å². The minimum absolute atomic E-state index is 0.0665. The van der Waals surface area contributed by atoms with Crippen LogP contribution in [0.1, 0.15) is 13.3 Å². The molecule has 142 valence electrons. The molecule has 0 aliphatic carbocycles. The van der Waals surface area contributed by atoms with Crippen molar-refractivity contribution in [2.45, 2.75) is 13.3 Å². The first kappa shape index (κ1) is 18.8. The molecule has 1 aliphatic rings. The number of anilines is 3. The number of amides is 2. The first-order valence-corrected chi connectivity index (χ1v) is 9.10. The number of ether oxygens (including phenoxy) is 1. The van der Waals surface area contributed by atoms with Gasteiger partial charge in [0, 0.05) is 27.1 Å². The zero-order valence-corrected chi connectivity index (χ0v) is 15.9. The van der Waals surface area contributed by atoms with Gasteiger partial charge in [-0.1, -0.05) is 24.3 Å². The Kier molecular flexibility index (Phi) is 5.64. The van der Waals surface area contributed by atoms with Crippen molar-refractivity contribution in [1.82, 2.24) is 0 Å². The summed E-state index contributed by atoms with van der Waals surface area (Å²) in [6, 6.07) is 15.1. The second-order valence-electron chi connectivity index (χ2n) is 6.71. The summed E-state index contributed by atoms with van der Waals surface area (Å²) in [5.41, 5.74) is 2.38. The molecule has 0 saturated carbocycles. The highest BCUT2D eigenvalue weighted by Crippen LogP contribution is 2.34. The molecule has 0 bridgehead atoms. The van der Waals surface area contributed by atoms with Crippen molar-refractivity contribution in [2.75, 3.05) is 42.4 Å². The molecule has 1 fully saturated rings. The van der Waals surface area contributed by atoms with Crippen LogP contribution in [0.3, 0.4) is 0 Å². The molecule has 3 rings (SSSR count).